The molecule has 0 fully saturated rings. The summed E-state index contributed by atoms with van der Waals surface area (Å²) in [5.74, 6) is 0. The fourth-order valence-corrected chi connectivity index (χ4v) is 0.231. The van der Waals surface area contributed by atoms with Gasteiger partial charge in [0.1, 0.15) is 0 Å². The van der Waals surface area contributed by atoms with Crippen LogP contribution < -0.4 is 0 Å². The molecule has 61 valence electrons. The van der Waals surface area contributed by atoms with Gasteiger partial charge >= 0.3 is 12.4 Å². The third-order valence-corrected chi connectivity index (χ3v) is 0.565. The average molecular weight is 165 g/mol. The molecule has 0 spiro atoms. The molecule has 0 aliphatic rings. The number of rotatable bonds is 1. The summed E-state index contributed by atoms with van der Waals surface area (Å²) >= 11 is 0. The van der Waals surface area contributed by atoms with Gasteiger partial charge in [-0.3, -0.25) is 0 Å². The molecule has 0 unspecified atom stereocenters. The Balaban J connectivity index is 3.56. The van der Waals surface area contributed by atoms with Gasteiger partial charge in [-0.2, -0.15) is 26.3 Å². The van der Waals surface area contributed by atoms with E-state index < -0.39 is 25.2 Å². The minimum absolute atomic E-state index is 0.729. The van der Waals surface area contributed by atoms with E-state index in [-0.39, 0.29) is 0 Å². The highest BCUT2D eigenvalue weighted by molar-refractivity contribution is 4.77. The Kier molecular flexibility index (Phi) is 2.56. The Morgan fingerprint density at radius 3 is 1.40 bits per heavy atom. The van der Waals surface area contributed by atoms with E-state index in [9.17, 15) is 26.3 Å². The van der Waals surface area contributed by atoms with E-state index in [0.29, 0.717) is 0 Å². The zero-order valence-corrected chi connectivity index (χ0v) is 4.55. The molecule has 6 heteroatoms. The van der Waals surface area contributed by atoms with Crippen molar-refractivity contribution in [3.05, 3.63) is 6.42 Å². The predicted octanol–water partition coefficient (Wildman–Crippen LogP) is 2.71. The Bertz CT molecular complexity index is 83.3. The Labute approximate surface area is 52.8 Å². The summed E-state index contributed by atoms with van der Waals surface area (Å²) in [4.78, 5) is 0. The second kappa shape index (κ2) is 2.67. The maximum atomic E-state index is 11.1. The Morgan fingerprint density at radius 2 is 1.30 bits per heavy atom. The van der Waals surface area contributed by atoms with Gasteiger partial charge < -0.3 is 0 Å². The first-order valence-corrected chi connectivity index (χ1v) is 2.18. The van der Waals surface area contributed by atoms with Crippen molar-refractivity contribution in [2.24, 2.45) is 0 Å². The second-order valence-electron chi connectivity index (χ2n) is 1.57. The summed E-state index contributed by atoms with van der Waals surface area (Å²) in [6.07, 6.45) is -12.3. The summed E-state index contributed by atoms with van der Waals surface area (Å²) in [6.45, 7) is 0. The van der Waals surface area contributed by atoms with Crippen LogP contribution in [0.4, 0.5) is 26.3 Å². The van der Waals surface area contributed by atoms with E-state index in [4.69, 9.17) is 0 Å². The second-order valence-corrected chi connectivity index (χ2v) is 1.57. The molecule has 0 nitrogen and oxygen atoms in total. The molecule has 0 saturated carbocycles. The van der Waals surface area contributed by atoms with Crippen LogP contribution in [0.5, 0.6) is 0 Å². The topological polar surface area (TPSA) is 0 Å². The van der Waals surface area contributed by atoms with Crippen molar-refractivity contribution in [1.29, 1.82) is 0 Å². The summed E-state index contributed by atoms with van der Waals surface area (Å²) in [5.41, 5.74) is 0. The fourth-order valence-electron chi connectivity index (χ4n) is 0.231. The minimum Gasteiger partial charge on any atom is -0.171 e. The average Bonchev–Trinajstić information content (AvgIpc) is 1.57. The quantitative estimate of drug-likeness (QED) is 0.524. The normalized spacial score (nSPS) is 13.8. The highest BCUT2D eigenvalue weighted by Gasteiger charge is 2.36. The Morgan fingerprint density at radius 1 is 0.900 bits per heavy atom. The molecular formula is C4H3F6. The zero-order chi connectivity index (χ0) is 8.41. The van der Waals surface area contributed by atoms with Crippen LogP contribution in [0.2, 0.25) is 0 Å². The molecule has 0 aromatic rings. The first-order chi connectivity index (χ1) is 4.21. The van der Waals surface area contributed by atoms with E-state index in [2.05, 4.69) is 0 Å². The van der Waals surface area contributed by atoms with Crippen molar-refractivity contribution in [1.82, 2.24) is 0 Å². The molecule has 0 aromatic heterocycles. The van der Waals surface area contributed by atoms with Crippen molar-refractivity contribution < 1.29 is 26.3 Å². The van der Waals surface area contributed by atoms with Crippen LogP contribution in [0.1, 0.15) is 6.42 Å². The van der Waals surface area contributed by atoms with Crippen molar-refractivity contribution in [3.63, 3.8) is 0 Å². The highest BCUT2D eigenvalue weighted by Crippen LogP contribution is 2.28. The van der Waals surface area contributed by atoms with Crippen LogP contribution in [0.25, 0.3) is 0 Å². The molecule has 1 radical (unpaired) electrons. The lowest BCUT2D eigenvalue weighted by atomic mass is 10.3. The lowest BCUT2D eigenvalue weighted by Gasteiger charge is -2.07. The summed E-state index contributed by atoms with van der Waals surface area (Å²) in [7, 11) is 0. The van der Waals surface area contributed by atoms with Crippen LogP contribution in [-0.2, 0) is 0 Å². The number of alkyl halides is 6. The molecule has 0 aliphatic heterocycles. The van der Waals surface area contributed by atoms with Gasteiger partial charge in [-0.25, -0.2) is 0 Å². The van der Waals surface area contributed by atoms with Crippen molar-refractivity contribution in [2.75, 3.05) is 0 Å². The van der Waals surface area contributed by atoms with E-state index in [1.54, 1.807) is 0 Å². The van der Waals surface area contributed by atoms with Crippen LogP contribution in [0.15, 0.2) is 0 Å². The van der Waals surface area contributed by atoms with Crippen LogP contribution >= 0.6 is 0 Å². The van der Waals surface area contributed by atoms with Crippen molar-refractivity contribution in [2.45, 2.75) is 18.8 Å². The lowest BCUT2D eigenvalue weighted by molar-refractivity contribution is -0.154. The monoisotopic (exact) mass is 165 g/mol. The minimum atomic E-state index is -4.84. The van der Waals surface area contributed by atoms with Gasteiger partial charge in [0.2, 0.25) is 0 Å². The standard InChI is InChI=1S/C4H3F6/c5-3(6,7)1-2-4(8,9)10/h1H,2H2. The fraction of sp³-hybridized carbons (Fsp3) is 0.750. The summed E-state index contributed by atoms with van der Waals surface area (Å²) in [5, 5.41) is 0. The molecule has 0 amide bonds. The number of hydrogen-bond acceptors (Lipinski definition) is 0. The molecule has 0 rings (SSSR count). The van der Waals surface area contributed by atoms with Crippen molar-refractivity contribution >= 4 is 0 Å². The first kappa shape index (κ1) is 9.58. The molecule has 10 heavy (non-hydrogen) atoms. The van der Waals surface area contributed by atoms with E-state index in [1.165, 1.54) is 0 Å². The smallest absolute Gasteiger partial charge is 0.171 e. The largest absolute Gasteiger partial charge is 0.392 e. The zero-order valence-electron chi connectivity index (χ0n) is 4.55. The van der Waals surface area contributed by atoms with E-state index in [1.807, 2.05) is 0 Å². The molecule has 0 aromatic carbocycles. The number of halogens is 6. The maximum absolute atomic E-state index is 11.1. The van der Waals surface area contributed by atoms with Gasteiger partial charge in [0.15, 0.2) is 0 Å². The van der Waals surface area contributed by atoms with Crippen LogP contribution in [0, 0.1) is 6.42 Å². The van der Waals surface area contributed by atoms with Crippen molar-refractivity contribution in [3.8, 4) is 0 Å². The molecule has 0 bridgehead atoms. The van der Waals surface area contributed by atoms with Gasteiger partial charge in [0, 0.05) is 0 Å². The molecule has 0 atom stereocenters. The first-order valence-electron chi connectivity index (χ1n) is 2.18. The molecule has 0 N–H and O–H groups in total. The Hall–Kier alpha value is -0.420. The molecular weight excluding hydrogens is 162 g/mol. The van der Waals surface area contributed by atoms with Gasteiger partial charge in [0.25, 0.3) is 0 Å². The van der Waals surface area contributed by atoms with Gasteiger partial charge in [-0.15, -0.1) is 0 Å². The van der Waals surface area contributed by atoms with Crippen LogP contribution in [0.3, 0.4) is 0 Å². The summed E-state index contributed by atoms with van der Waals surface area (Å²) < 4.78 is 66.3. The molecule has 0 aliphatic carbocycles. The van der Waals surface area contributed by atoms with Gasteiger partial charge in [-0.1, -0.05) is 0 Å². The van der Waals surface area contributed by atoms with E-state index in [0.717, 1.165) is 0 Å². The number of hydrogen-bond donors (Lipinski definition) is 0. The third kappa shape index (κ3) is 7.58. The third-order valence-electron chi connectivity index (χ3n) is 0.565. The van der Waals surface area contributed by atoms with Gasteiger partial charge in [0.05, 0.1) is 12.8 Å². The summed E-state index contributed by atoms with van der Waals surface area (Å²) in [6, 6.07) is 0. The maximum Gasteiger partial charge on any atom is 0.392 e. The lowest BCUT2D eigenvalue weighted by Crippen LogP contribution is -2.16. The highest BCUT2D eigenvalue weighted by atomic mass is 19.4. The van der Waals surface area contributed by atoms with E-state index >= 15 is 0 Å². The predicted molar refractivity (Wildman–Crippen MR) is 21.0 cm³/mol. The van der Waals surface area contributed by atoms with Gasteiger partial charge in [-0.05, 0) is 0 Å². The SMILES string of the molecule is FC(F)(F)[CH]CC(F)(F)F. The molecule has 0 saturated heterocycles. The van der Waals surface area contributed by atoms with Crippen LogP contribution in [-0.4, -0.2) is 12.4 Å². The molecule has 0 heterocycles.